The van der Waals surface area contributed by atoms with Gasteiger partial charge >= 0.3 is 6.09 Å². The van der Waals surface area contributed by atoms with Crippen LogP contribution in [0.4, 0.5) is 4.79 Å². The molecule has 2 atom stereocenters. The van der Waals surface area contributed by atoms with Crippen molar-refractivity contribution in [3.8, 4) is 0 Å². The van der Waals surface area contributed by atoms with Gasteiger partial charge < -0.3 is 14.8 Å². The Hall–Kier alpha value is -1.26. The van der Waals surface area contributed by atoms with Crippen LogP contribution in [-0.4, -0.2) is 25.3 Å². The van der Waals surface area contributed by atoms with Crippen LogP contribution in [0.15, 0.2) is 24.3 Å². The minimum absolute atomic E-state index is 0.231. The zero-order chi connectivity index (χ0) is 15.9. The number of ether oxygens (including phenoxy) is 2. The summed E-state index contributed by atoms with van der Waals surface area (Å²) in [6.07, 6.45) is 4.46. The van der Waals surface area contributed by atoms with Gasteiger partial charge in [-0.25, -0.2) is 4.79 Å². The number of hydrogen-bond acceptors (Lipinski definition) is 3. The molecule has 0 aliphatic heterocycles. The normalized spacial score (nSPS) is 18.5. The quantitative estimate of drug-likeness (QED) is 0.868. The molecule has 122 valence electrons. The van der Waals surface area contributed by atoms with Crippen LogP contribution >= 0.6 is 11.6 Å². The molecule has 1 aromatic rings. The van der Waals surface area contributed by atoms with E-state index in [-0.39, 0.29) is 18.2 Å². The second-order valence-electron chi connectivity index (χ2n) is 5.77. The number of alkyl carbamates (subject to hydrolysis) is 1. The van der Waals surface area contributed by atoms with Crippen molar-refractivity contribution in [3.63, 3.8) is 0 Å². The highest BCUT2D eigenvalue weighted by Gasteiger charge is 2.25. The molecule has 22 heavy (non-hydrogen) atoms. The summed E-state index contributed by atoms with van der Waals surface area (Å²) in [7, 11) is 1.59. The summed E-state index contributed by atoms with van der Waals surface area (Å²) >= 11 is 6.20. The minimum atomic E-state index is -0.423. The van der Waals surface area contributed by atoms with Crippen molar-refractivity contribution in [2.24, 2.45) is 0 Å². The van der Waals surface area contributed by atoms with Crippen molar-refractivity contribution in [1.82, 2.24) is 5.32 Å². The number of amides is 1. The first kappa shape index (κ1) is 17.1. The largest absolute Gasteiger partial charge is 0.443 e. The van der Waals surface area contributed by atoms with Crippen LogP contribution in [0.3, 0.4) is 0 Å². The lowest BCUT2D eigenvalue weighted by Gasteiger charge is -2.26. The van der Waals surface area contributed by atoms with E-state index in [4.69, 9.17) is 21.1 Å². The molecular formula is C17H24ClNO3. The summed E-state index contributed by atoms with van der Waals surface area (Å²) in [5, 5.41) is 3.55. The van der Waals surface area contributed by atoms with E-state index in [2.05, 4.69) is 5.32 Å². The second-order valence-corrected chi connectivity index (χ2v) is 6.17. The fourth-order valence-corrected chi connectivity index (χ4v) is 3.20. The van der Waals surface area contributed by atoms with Gasteiger partial charge in [0.05, 0.1) is 0 Å². The van der Waals surface area contributed by atoms with Crippen LogP contribution in [-0.2, 0) is 9.47 Å². The predicted molar refractivity (Wildman–Crippen MR) is 87.2 cm³/mol. The Morgan fingerprint density at radius 1 is 1.27 bits per heavy atom. The molecule has 1 saturated carbocycles. The van der Waals surface area contributed by atoms with E-state index >= 15 is 0 Å². The van der Waals surface area contributed by atoms with Crippen LogP contribution in [0, 0.1) is 0 Å². The molecule has 0 heterocycles. The number of carbonyl (C=O) groups excluding carboxylic acids is 1. The van der Waals surface area contributed by atoms with Crippen LogP contribution in [0.5, 0.6) is 0 Å². The van der Waals surface area contributed by atoms with Crippen molar-refractivity contribution in [2.45, 2.75) is 57.3 Å². The first-order valence-electron chi connectivity index (χ1n) is 7.86. The lowest BCUT2D eigenvalue weighted by Crippen LogP contribution is -2.39. The van der Waals surface area contributed by atoms with Gasteiger partial charge in [-0.2, -0.15) is 0 Å². The van der Waals surface area contributed by atoms with Gasteiger partial charge in [-0.15, -0.1) is 0 Å². The maximum absolute atomic E-state index is 12.0. The summed E-state index contributed by atoms with van der Waals surface area (Å²) in [5.41, 5.74) is 0.824. The Morgan fingerprint density at radius 2 is 1.95 bits per heavy atom. The monoisotopic (exact) mass is 325 g/mol. The molecule has 5 heteroatoms. The summed E-state index contributed by atoms with van der Waals surface area (Å²) in [6.45, 7) is 1.82. The lowest BCUT2D eigenvalue weighted by molar-refractivity contribution is -0.0158. The topological polar surface area (TPSA) is 47.6 Å². The van der Waals surface area contributed by atoms with E-state index in [1.54, 1.807) is 13.2 Å². The van der Waals surface area contributed by atoms with E-state index in [0.29, 0.717) is 5.02 Å². The van der Waals surface area contributed by atoms with Crippen molar-refractivity contribution in [3.05, 3.63) is 34.9 Å². The summed E-state index contributed by atoms with van der Waals surface area (Å²) < 4.78 is 11.0. The Labute approximate surface area is 137 Å². The third-order valence-electron chi connectivity index (χ3n) is 4.11. The molecule has 2 rings (SSSR count). The number of carbonyl (C=O) groups is 1. The molecule has 1 aromatic carbocycles. The number of benzene rings is 1. The zero-order valence-corrected chi connectivity index (χ0v) is 13.9. The van der Waals surface area contributed by atoms with Crippen molar-refractivity contribution in [2.75, 3.05) is 7.11 Å². The molecule has 4 nitrogen and oxygen atoms in total. The molecule has 1 N–H and O–H groups in total. The number of rotatable bonds is 5. The van der Waals surface area contributed by atoms with Crippen LogP contribution in [0.25, 0.3) is 0 Å². The molecule has 1 fully saturated rings. The Balaban J connectivity index is 1.92. The molecular weight excluding hydrogens is 302 g/mol. The van der Waals surface area contributed by atoms with E-state index in [1.165, 1.54) is 19.3 Å². The average Bonchev–Trinajstić information content (AvgIpc) is 2.50. The molecule has 0 radical (unpaired) electrons. The number of hydrogen-bond donors (Lipinski definition) is 1. The van der Waals surface area contributed by atoms with Gasteiger partial charge in [0.1, 0.15) is 12.2 Å². The number of halogens is 1. The van der Waals surface area contributed by atoms with Crippen LogP contribution < -0.4 is 5.32 Å². The fraction of sp³-hybridized carbons (Fsp3) is 0.588. The van der Waals surface area contributed by atoms with Gasteiger partial charge in [0.2, 0.25) is 0 Å². The zero-order valence-electron chi connectivity index (χ0n) is 13.2. The number of nitrogens with one attached hydrogen (secondary N) is 1. The molecule has 0 bridgehead atoms. The first-order chi connectivity index (χ1) is 10.6. The fourth-order valence-electron chi connectivity index (χ4n) is 2.96. The summed E-state index contributed by atoms with van der Waals surface area (Å²) in [5.74, 6) is 0. The number of methoxy groups -OCH3 is 1. The minimum Gasteiger partial charge on any atom is -0.443 e. The smallest absolute Gasteiger partial charge is 0.407 e. The second kappa shape index (κ2) is 8.39. The molecule has 0 saturated heterocycles. The SMILES string of the molecule is COC(c1ccccc1Cl)C(C)OC(=O)NC1CCCCC1. The highest BCUT2D eigenvalue weighted by molar-refractivity contribution is 6.31. The molecule has 0 spiro atoms. The van der Waals surface area contributed by atoms with E-state index in [0.717, 1.165) is 18.4 Å². The lowest BCUT2D eigenvalue weighted by atomic mass is 9.96. The van der Waals surface area contributed by atoms with Gasteiger partial charge in [0, 0.05) is 23.7 Å². The summed E-state index contributed by atoms with van der Waals surface area (Å²) in [6, 6.07) is 7.67. The van der Waals surface area contributed by atoms with Gasteiger partial charge in [0.15, 0.2) is 0 Å². The standard InChI is InChI=1S/C17H24ClNO3/c1-12(16(21-2)14-10-6-7-11-15(14)18)22-17(20)19-13-8-4-3-5-9-13/h6-7,10-13,16H,3-5,8-9H2,1-2H3,(H,19,20). The molecule has 1 aliphatic rings. The average molecular weight is 326 g/mol. The van der Waals surface area contributed by atoms with Gasteiger partial charge in [0.25, 0.3) is 0 Å². The predicted octanol–water partition coefficient (Wildman–Crippen LogP) is 4.47. The highest BCUT2D eigenvalue weighted by Crippen LogP contribution is 2.29. The molecule has 0 aromatic heterocycles. The first-order valence-corrected chi connectivity index (χ1v) is 8.24. The third kappa shape index (κ3) is 4.62. The van der Waals surface area contributed by atoms with E-state index < -0.39 is 6.10 Å². The Kier molecular flexibility index (Phi) is 6.52. The Bertz CT molecular complexity index is 489. The van der Waals surface area contributed by atoms with Gasteiger partial charge in [-0.1, -0.05) is 49.1 Å². The maximum Gasteiger partial charge on any atom is 0.407 e. The van der Waals surface area contributed by atoms with E-state index in [9.17, 15) is 4.79 Å². The summed E-state index contributed by atoms with van der Waals surface area (Å²) in [4.78, 5) is 12.0. The molecule has 1 aliphatic carbocycles. The van der Waals surface area contributed by atoms with E-state index in [1.807, 2.05) is 25.1 Å². The van der Waals surface area contributed by atoms with Crippen LogP contribution in [0.2, 0.25) is 5.02 Å². The van der Waals surface area contributed by atoms with Gasteiger partial charge in [-0.05, 0) is 25.8 Å². The van der Waals surface area contributed by atoms with Crippen molar-refractivity contribution >= 4 is 17.7 Å². The molecule has 2 unspecified atom stereocenters. The van der Waals surface area contributed by atoms with Gasteiger partial charge in [-0.3, -0.25) is 0 Å². The molecule has 1 amide bonds. The van der Waals surface area contributed by atoms with Crippen LogP contribution in [0.1, 0.15) is 50.7 Å². The highest BCUT2D eigenvalue weighted by atomic mass is 35.5. The van der Waals surface area contributed by atoms with Crippen molar-refractivity contribution < 1.29 is 14.3 Å². The Morgan fingerprint density at radius 3 is 2.59 bits per heavy atom. The van der Waals surface area contributed by atoms with Crippen molar-refractivity contribution in [1.29, 1.82) is 0 Å². The third-order valence-corrected chi connectivity index (χ3v) is 4.46. The maximum atomic E-state index is 12.0.